The summed E-state index contributed by atoms with van der Waals surface area (Å²) in [5.41, 5.74) is 35.7. The summed E-state index contributed by atoms with van der Waals surface area (Å²) in [6.07, 6.45) is 0. The summed E-state index contributed by atoms with van der Waals surface area (Å²) in [6, 6.07) is 194. The van der Waals surface area contributed by atoms with Gasteiger partial charge in [-0.3, -0.25) is 0 Å². The normalized spacial score (nSPS) is 13.3. The van der Waals surface area contributed by atoms with Crippen LogP contribution in [0.2, 0.25) is 0 Å². The van der Waals surface area contributed by atoms with E-state index in [1.165, 1.54) is 328 Å². The predicted molar refractivity (Wildman–Crippen MR) is 621 cm³/mol. The zero-order valence-corrected chi connectivity index (χ0v) is 79.5. The first-order valence-electron chi connectivity index (χ1n) is 51.3. The van der Waals surface area contributed by atoms with Crippen LogP contribution in [0.25, 0.3) is 284 Å². The third-order valence-electron chi connectivity index (χ3n) is 34.4. The zero-order valence-electron chi connectivity index (χ0n) is 79.5. The van der Waals surface area contributed by atoms with Crippen LogP contribution in [0.4, 0.5) is 0 Å². The average Bonchev–Trinajstić information content (AvgIpc) is 1.50. The van der Waals surface area contributed by atoms with Crippen molar-refractivity contribution in [3.63, 3.8) is 0 Å². The van der Waals surface area contributed by atoms with E-state index >= 15 is 0 Å². The highest BCUT2D eigenvalue weighted by atomic mass is 14.6. The fraction of sp³-hybridized carbons (Fsp3) is 0.0137. The van der Waals surface area contributed by atoms with Gasteiger partial charge in [-0.1, -0.05) is 497 Å². The number of fused-ring (bicyclic) bond motifs is 32. The van der Waals surface area contributed by atoms with Gasteiger partial charge in [0.2, 0.25) is 0 Å². The Morgan fingerprint density at radius 1 is 0.0890 bits per heavy atom. The van der Waals surface area contributed by atoms with Crippen molar-refractivity contribution < 1.29 is 0 Å². The maximum Gasteiger partial charge on any atom is 0.0725 e. The second kappa shape index (κ2) is 29.9. The molecule has 4 aliphatic carbocycles. The van der Waals surface area contributed by atoms with Crippen LogP contribution in [0, 0.1) is 0 Å². The molecule has 4 aliphatic rings. The lowest BCUT2D eigenvalue weighted by atomic mass is 9.69. The summed E-state index contributed by atoms with van der Waals surface area (Å²) in [5.74, 6) is 0. The molecule has 0 amide bonds. The molecule has 0 N–H and O–H groups in total. The summed E-state index contributed by atoms with van der Waals surface area (Å²) in [7, 11) is 0. The summed E-state index contributed by atoms with van der Waals surface area (Å²) >= 11 is 0. The smallest absolute Gasteiger partial charge is 0.0619 e. The second-order valence-electron chi connectivity index (χ2n) is 40.9. The van der Waals surface area contributed by atoms with Crippen molar-refractivity contribution in [2.75, 3.05) is 0 Å². The molecule has 0 fully saturated rings. The molecule has 0 heteroatoms. The van der Waals surface area contributed by atoms with Gasteiger partial charge < -0.3 is 0 Å². The Kier molecular flexibility index (Phi) is 16.4. The SMILES string of the molecule is c1cc2ccc3ccc(-c4c5ccccc5c(-c5c6ccccc6c(-c6ccc7ccc8cccc9ccc6c7c89)c6ccccc56)c5ccccc45)c4ccc(c1)c2c34.c1ccc2c(c1)-c1ccccc1C21c2ccccc2-c2c1cc(-c1c3ccccc3c(-c3c4ccccc4c(-c4cc5c(c6ccccc46)-c4ccccc4C54c5ccccc5-c5ccccc54)c4ccccc34)c3ccccc13)c1ccccc21. The van der Waals surface area contributed by atoms with Crippen molar-refractivity contribution in [2.24, 2.45) is 0 Å². The molecule has 0 unspecified atom stereocenters. The molecular formula is C146H84. The first-order chi connectivity index (χ1) is 72.5. The number of rotatable bonds is 6. The first-order valence-corrected chi connectivity index (χ1v) is 51.3. The fourth-order valence-corrected chi connectivity index (χ4v) is 29.0. The molecule has 0 heterocycles. The molecule has 0 aromatic heterocycles. The van der Waals surface area contributed by atoms with Gasteiger partial charge >= 0.3 is 0 Å². The van der Waals surface area contributed by atoms with Crippen molar-refractivity contribution in [1.29, 1.82) is 0 Å². The van der Waals surface area contributed by atoms with Gasteiger partial charge in [-0.25, -0.2) is 0 Å². The molecule has 0 radical (unpaired) electrons. The van der Waals surface area contributed by atoms with E-state index in [-0.39, 0.29) is 0 Å². The minimum atomic E-state index is -0.496. The van der Waals surface area contributed by atoms with E-state index in [1.807, 2.05) is 0 Å². The van der Waals surface area contributed by atoms with E-state index < -0.39 is 10.8 Å². The molecule has 0 nitrogen and oxygen atoms in total. The zero-order chi connectivity index (χ0) is 95.0. The standard InChI is InChI=1S/C86H50.C60H34/c1-3-31-57-51(25-1)69(49-77-81(57)67-41-17-23-47-75(67)85(77)71-43-19-13-27-53(71)54-28-14-20-44-72(54)85)79-59-33-5-9-37-63(59)83(64-38-10-6-34-60(64)79)84-65-39-11-7-35-61(65)80(62-36-8-12-40-66(62)84)70-50-78-82(58-32-4-2-26-52(58)70)68-42-18-24-48-76(68)86(78)73-45-21-15-29-55(73)56-30-16-22-46-74(56)86;1-5-19-45-41(15-1)57(51-33-29-39-25-23-35-11-9-13-37-27-31-49(51)55(39)53(35)37)42-16-2-6-20-46(42)59(45)60-47-21-7-3-17-43(47)58(44-18-4-8-22-48(44)60)52-34-30-40-26-24-36-12-10-14-38-28-32-50(52)56(40)54(36)38/h1-50H;1-34H. The Hall–Kier alpha value is -18.7. The number of benzene rings is 30. The second-order valence-corrected chi connectivity index (χ2v) is 40.9. The lowest BCUT2D eigenvalue weighted by Crippen LogP contribution is -2.25. The molecule has 30 aromatic carbocycles. The topological polar surface area (TPSA) is 0 Å². The van der Waals surface area contributed by atoms with Crippen LogP contribution >= 0.6 is 0 Å². The summed E-state index contributed by atoms with van der Waals surface area (Å²) in [5, 5.41) is 40.9. The minimum Gasteiger partial charge on any atom is -0.0619 e. The molecule has 0 bridgehead atoms. The van der Waals surface area contributed by atoms with Crippen molar-refractivity contribution in [3.8, 4) is 111 Å². The molecule has 668 valence electrons. The lowest BCUT2D eigenvalue weighted by Gasteiger charge is -2.31. The van der Waals surface area contributed by atoms with E-state index in [0.717, 1.165) is 0 Å². The van der Waals surface area contributed by atoms with Gasteiger partial charge in [-0.2, -0.15) is 0 Å². The lowest BCUT2D eigenvalue weighted by molar-refractivity contribution is 0.795. The first kappa shape index (κ1) is 80.0. The Morgan fingerprint density at radius 3 is 0.521 bits per heavy atom. The van der Waals surface area contributed by atoms with E-state index in [2.05, 4.69) is 510 Å². The van der Waals surface area contributed by atoms with Crippen LogP contribution in [0.1, 0.15) is 44.5 Å². The van der Waals surface area contributed by atoms with Crippen LogP contribution in [0.15, 0.2) is 510 Å². The fourth-order valence-electron chi connectivity index (χ4n) is 29.0. The van der Waals surface area contributed by atoms with Crippen LogP contribution in [0.5, 0.6) is 0 Å². The average molecular weight is 1840 g/mol. The highest BCUT2D eigenvalue weighted by molar-refractivity contribution is 6.37. The van der Waals surface area contributed by atoms with Crippen LogP contribution in [-0.4, -0.2) is 0 Å². The Balaban J connectivity index is 0.000000136. The summed E-state index contributed by atoms with van der Waals surface area (Å²) in [6.45, 7) is 0. The third kappa shape index (κ3) is 10.4. The minimum absolute atomic E-state index is 0.496. The van der Waals surface area contributed by atoms with Gasteiger partial charge in [-0.05, 0) is 340 Å². The third-order valence-corrected chi connectivity index (χ3v) is 34.4. The maximum absolute atomic E-state index is 2.62. The quantitative estimate of drug-likeness (QED) is 0.115. The van der Waals surface area contributed by atoms with Crippen molar-refractivity contribution >= 4 is 172 Å². The molecule has 0 saturated heterocycles. The Bertz CT molecular complexity index is 10100. The molecule has 0 saturated carbocycles. The summed E-state index contributed by atoms with van der Waals surface area (Å²) in [4.78, 5) is 0. The maximum atomic E-state index is 2.62. The molecule has 2 spiro atoms. The van der Waals surface area contributed by atoms with E-state index in [0.29, 0.717) is 0 Å². The molecule has 34 rings (SSSR count). The van der Waals surface area contributed by atoms with Crippen LogP contribution in [-0.2, 0) is 10.8 Å². The summed E-state index contributed by atoms with van der Waals surface area (Å²) < 4.78 is 0. The number of hydrogen-bond acceptors (Lipinski definition) is 0. The monoisotopic (exact) mass is 1840 g/mol. The van der Waals surface area contributed by atoms with Crippen molar-refractivity contribution in [2.45, 2.75) is 10.8 Å². The number of hydrogen-bond donors (Lipinski definition) is 0. The Labute approximate surface area is 842 Å². The van der Waals surface area contributed by atoms with Gasteiger partial charge in [0.15, 0.2) is 0 Å². The Morgan fingerprint density at radius 2 is 0.267 bits per heavy atom. The van der Waals surface area contributed by atoms with Gasteiger partial charge in [0.25, 0.3) is 0 Å². The molecule has 146 heavy (non-hydrogen) atoms. The van der Waals surface area contributed by atoms with E-state index in [9.17, 15) is 0 Å². The predicted octanol–water partition coefficient (Wildman–Crippen LogP) is 39.4. The highest BCUT2D eigenvalue weighted by Crippen LogP contribution is 2.69. The van der Waals surface area contributed by atoms with Gasteiger partial charge in [0, 0.05) is 0 Å². The van der Waals surface area contributed by atoms with Gasteiger partial charge in [-0.15, -0.1) is 0 Å². The van der Waals surface area contributed by atoms with Gasteiger partial charge in [0.05, 0.1) is 10.8 Å². The molecular weight excluding hydrogens is 1750 g/mol. The van der Waals surface area contributed by atoms with E-state index in [4.69, 9.17) is 0 Å². The molecule has 30 aromatic rings. The highest BCUT2D eigenvalue weighted by Gasteiger charge is 2.55. The molecule has 0 atom stereocenters. The molecule has 0 aliphatic heterocycles. The van der Waals surface area contributed by atoms with Crippen molar-refractivity contribution in [3.05, 3.63) is 554 Å². The van der Waals surface area contributed by atoms with Crippen LogP contribution < -0.4 is 0 Å². The van der Waals surface area contributed by atoms with Crippen LogP contribution in [0.3, 0.4) is 0 Å². The van der Waals surface area contributed by atoms with Gasteiger partial charge in [0.1, 0.15) is 0 Å². The van der Waals surface area contributed by atoms with E-state index in [1.54, 1.807) is 0 Å². The largest absolute Gasteiger partial charge is 0.0725 e. The van der Waals surface area contributed by atoms with Crippen molar-refractivity contribution in [1.82, 2.24) is 0 Å².